The minimum absolute atomic E-state index is 0.0178. The van der Waals surface area contributed by atoms with Gasteiger partial charge >= 0.3 is 0 Å². The van der Waals surface area contributed by atoms with Crippen LogP contribution in [-0.2, 0) is 16.0 Å². The number of nitrogens with zero attached hydrogens (tertiary/aromatic N) is 4. The van der Waals surface area contributed by atoms with Crippen molar-refractivity contribution in [3.8, 4) is 0 Å². The molecule has 2 aromatic rings. The minimum atomic E-state index is -0.408. The molecule has 0 spiro atoms. The predicted molar refractivity (Wildman–Crippen MR) is 111 cm³/mol. The number of rotatable bonds is 6. The van der Waals surface area contributed by atoms with Gasteiger partial charge in [0, 0.05) is 55.3 Å². The van der Waals surface area contributed by atoms with E-state index >= 15 is 0 Å². The van der Waals surface area contributed by atoms with Gasteiger partial charge in [-0.25, -0.2) is 4.98 Å². The molecular formula is C19H23N5O4S. The number of benzene rings is 1. The fourth-order valence-electron chi connectivity index (χ4n) is 2.98. The highest BCUT2D eigenvalue weighted by atomic mass is 32.1. The summed E-state index contributed by atoms with van der Waals surface area (Å²) in [7, 11) is 0. The molecule has 2 amide bonds. The van der Waals surface area contributed by atoms with Crippen LogP contribution in [0.2, 0.25) is 0 Å². The maximum Gasteiger partial charge on any atom is 0.271 e. The quantitative estimate of drug-likeness (QED) is 0.571. The van der Waals surface area contributed by atoms with Crippen molar-refractivity contribution in [2.24, 2.45) is 5.92 Å². The summed E-state index contributed by atoms with van der Waals surface area (Å²) in [5, 5.41) is 16.0. The van der Waals surface area contributed by atoms with Gasteiger partial charge in [0.2, 0.25) is 11.8 Å². The van der Waals surface area contributed by atoms with Crippen LogP contribution in [0.5, 0.6) is 0 Å². The molecule has 0 atom stereocenters. The second-order valence-electron chi connectivity index (χ2n) is 7.11. The Labute approximate surface area is 172 Å². The van der Waals surface area contributed by atoms with Crippen molar-refractivity contribution >= 4 is 39.7 Å². The first-order chi connectivity index (χ1) is 13.8. The molecule has 1 saturated heterocycles. The smallest absolute Gasteiger partial charge is 0.271 e. The first kappa shape index (κ1) is 20.7. The number of nitrogens with one attached hydrogen (secondary N) is 1. The van der Waals surface area contributed by atoms with Crippen LogP contribution in [0.4, 0.5) is 16.5 Å². The number of hydrogen-bond donors (Lipinski definition) is 1. The Balaban J connectivity index is 1.53. The Hall–Kier alpha value is -3.01. The van der Waals surface area contributed by atoms with E-state index in [1.54, 1.807) is 36.3 Å². The normalized spacial score (nSPS) is 14.2. The molecule has 0 bridgehead atoms. The van der Waals surface area contributed by atoms with Crippen LogP contribution in [0.1, 0.15) is 19.5 Å². The SMILES string of the molecule is CC(C)C(=O)Nc1nc(CC(=O)N2CCN(c3cccc([N+](=O)[O-])c3)CC2)cs1. The summed E-state index contributed by atoms with van der Waals surface area (Å²) in [5.41, 5.74) is 1.49. The summed E-state index contributed by atoms with van der Waals surface area (Å²) in [6.45, 7) is 5.92. The molecule has 0 saturated carbocycles. The third-order valence-electron chi connectivity index (χ3n) is 4.68. The number of thiazole rings is 1. The summed E-state index contributed by atoms with van der Waals surface area (Å²) in [5.74, 6) is -0.253. The largest absolute Gasteiger partial charge is 0.368 e. The lowest BCUT2D eigenvalue weighted by Crippen LogP contribution is -2.49. The summed E-state index contributed by atoms with van der Waals surface area (Å²) < 4.78 is 0. The van der Waals surface area contributed by atoms with Gasteiger partial charge in [0.25, 0.3) is 5.69 Å². The molecule has 1 aliphatic rings. The molecule has 9 nitrogen and oxygen atoms in total. The predicted octanol–water partition coefficient (Wildman–Crippen LogP) is 2.54. The monoisotopic (exact) mass is 417 g/mol. The van der Waals surface area contributed by atoms with Crippen molar-refractivity contribution in [3.63, 3.8) is 0 Å². The van der Waals surface area contributed by atoms with Crippen LogP contribution in [0.25, 0.3) is 0 Å². The average molecular weight is 417 g/mol. The maximum absolute atomic E-state index is 12.6. The number of hydrogen-bond acceptors (Lipinski definition) is 7. The van der Waals surface area contributed by atoms with Crippen molar-refractivity contribution in [2.45, 2.75) is 20.3 Å². The number of nitro groups is 1. The second-order valence-corrected chi connectivity index (χ2v) is 7.97. The number of piperazine rings is 1. The second kappa shape index (κ2) is 8.99. The number of aromatic nitrogens is 1. The van der Waals surface area contributed by atoms with Gasteiger partial charge in [-0.1, -0.05) is 19.9 Å². The van der Waals surface area contributed by atoms with Gasteiger partial charge in [-0.2, -0.15) is 0 Å². The zero-order valence-corrected chi connectivity index (χ0v) is 17.1. The van der Waals surface area contributed by atoms with Crippen LogP contribution in [0.3, 0.4) is 0 Å². The van der Waals surface area contributed by atoms with Crippen molar-refractivity contribution in [1.82, 2.24) is 9.88 Å². The lowest BCUT2D eigenvalue weighted by atomic mass is 10.2. The fourth-order valence-corrected chi connectivity index (χ4v) is 3.69. The topological polar surface area (TPSA) is 109 Å². The standard InChI is InChI=1S/C19H23N5O4S/c1-13(2)18(26)21-19-20-14(12-29-19)10-17(25)23-8-6-22(7-9-23)15-4-3-5-16(11-15)24(27)28/h3-5,11-13H,6-10H2,1-2H3,(H,20,21,26). The highest BCUT2D eigenvalue weighted by Gasteiger charge is 2.23. The summed E-state index contributed by atoms with van der Waals surface area (Å²) in [4.78, 5) is 43.0. The van der Waals surface area contributed by atoms with Crippen molar-refractivity contribution in [1.29, 1.82) is 0 Å². The van der Waals surface area contributed by atoms with Crippen LogP contribution in [-0.4, -0.2) is 52.8 Å². The molecule has 10 heteroatoms. The van der Waals surface area contributed by atoms with Gasteiger partial charge in [0.1, 0.15) is 0 Å². The Morgan fingerprint density at radius 1 is 1.28 bits per heavy atom. The highest BCUT2D eigenvalue weighted by molar-refractivity contribution is 7.13. The number of carbonyl (C=O) groups is 2. The van der Waals surface area contributed by atoms with Crippen molar-refractivity contribution in [3.05, 3.63) is 45.5 Å². The van der Waals surface area contributed by atoms with Gasteiger partial charge in [0.15, 0.2) is 5.13 Å². The molecule has 2 heterocycles. The van der Waals surface area contributed by atoms with E-state index in [-0.39, 0.29) is 29.8 Å². The Kier molecular flexibility index (Phi) is 6.42. The number of nitro benzene ring substituents is 1. The molecule has 1 aromatic carbocycles. The minimum Gasteiger partial charge on any atom is -0.368 e. The van der Waals surface area contributed by atoms with Crippen LogP contribution < -0.4 is 10.2 Å². The number of carbonyl (C=O) groups excluding carboxylic acids is 2. The zero-order valence-electron chi connectivity index (χ0n) is 16.3. The molecule has 1 fully saturated rings. The van der Waals surface area contributed by atoms with Crippen molar-refractivity contribution < 1.29 is 14.5 Å². The zero-order chi connectivity index (χ0) is 21.0. The maximum atomic E-state index is 12.6. The van der Waals surface area contributed by atoms with E-state index < -0.39 is 4.92 Å². The molecule has 0 radical (unpaired) electrons. The van der Waals surface area contributed by atoms with Gasteiger partial charge in [-0.3, -0.25) is 19.7 Å². The molecule has 29 heavy (non-hydrogen) atoms. The highest BCUT2D eigenvalue weighted by Crippen LogP contribution is 2.23. The molecule has 0 unspecified atom stereocenters. The van der Waals surface area contributed by atoms with E-state index in [0.717, 1.165) is 5.69 Å². The molecule has 1 aliphatic heterocycles. The first-order valence-corrected chi connectivity index (χ1v) is 10.2. The first-order valence-electron chi connectivity index (χ1n) is 9.36. The van der Waals surface area contributed by atoms with Gasteiger partial charge < -0.3 is 15.1 Å². The Bertz CT molecular complexity index is 906. The number of amides is 2. The lowest BCUT2D eigenvalue weighted by molar-refractivity contribution is -0.384. The third kappa shape index (κ3) is 5.29. The van der Waals surface area contributed by atoms with E-state index in [0.29, 0.717) is 37.0 Å². The summed E-state index contributed by atoms with van der Waals surface area (Å²) >= 11 is 1.31. The van der Waals surface area contributed by atoms with Crippen LogP contribution in [0.15, 0.2) is 29.6 Å². The van der Waals surface area contributed by atoms with Crippen molar-refractivity contribution in [2.75, 3.05) is 36.4 Å². The summed E-state index contributed by atoms with van der Waals surface area (Å²) in [6, 6.07) is 6.53. The molecule has 154 valence electrons. The Morgan fingerprint density at radius 2 is 2.00 bits per heavy atom. The van der Waals surface area contributed by atoms with E-state index in [1.165, 1.54) is 17.4 Å². The number of anilines is 2. The van der Waals surface area contributed by atoms with Crippen LogP contribution in [0, 0.1) is 16.0 Å². The molecule has 3 rings (SSSR count). The van der Waals surface area contributed by atoms with Gasteiger partial charge in [-0.15, -0.1) is 11.3 Å². The molecule has 0 aliphatic carbocycles. The van der Waals surface area contributed by atoms with Gasteiger partial charge in [-0.05, 0) is 6.07 Å². The van der Waals surface area contributed by atoms with E-state index in [1.807, 2.05) is 11.0 Å². The average Bonchev–Trinajstić information content (AvgIpc) is 3.14. The third-order valence-corrected chi connectivity index (χ3v) is 5.48. The molecule has 1 N–H and O–H groups in total. The Morgan fingerprint density at radius 3 is 2.66 bits per heavy atom. The summed E-state index contributed by atoms with van der Waals surface area (Å²) in [6.07, 6.45) is 0.185. The van der Waals surface area contributed by atoms with E-state index in [9.17, 15) is 19.7 Å². The molecular weight excluding hydrogens is 394 g/mol. The van der Waals surface area contributed by atoms with E-state index in [4.69, 9.17) is 0 Å². The van der Waals surface area contributed by atoms with Gasteiger partial charge in [0.05, 0.1) is 17.0 Å². The van der Waals surface area contributed by atoms with Crippen LogP contribution >= 0.6 is 11.3 Å². The van der Waals surface area contributed by atoms with E-state index in [2.05, 4.69) is 10.3 Å². The fraction of sp³-hybridized carbons (Fsp3) is 0.421. The lowest BCUT2D eigenvalue weighted by Gasteiger charge is -2.36. The molecule has 1 aromatic heterocycles. The number of non-ortho nitro benzene ring substituents is 1.